The van der Waals surface area contributed by atoms with Gasteiger partial charge in [-0.2, -0.15) is 0 Å². The van der Waals surface area contributed by atoms with Crippen molar-refractivity contribution in [3.63, 3.8) is 0 Å². The molecule has 3 aromatic rings. The van der Waals surface area contributed by atoms with Gasteiger partial charge in [-0.1, -0.05) is 48.5 Å². The highest BCUT2D eigenvalue weighted by atomic mass is 16.5. The average Bonchev–Trinajstić information content (AvgIpc) is 2.46. The Morgan fingerprint density at radius 2 is 1.33 bits per heavy atom. The fraction of sp³-hybridized carbons (Fsp3) is 0.200. The molecule has 3 aromatic carbocycles. The maximum atomic E-state index is 5.92. The first-order valence-electron chi connectivity index (χ1n) is 7.29. The zero-order valence-corrected chi connectivity index (χ0v) is 12.8. The summed E-state index contributed by atoms with van der Waals surface area (Å²) in [6, 6.07) is 23.3. The van der Waals surface area contributed by atoms with Gasteiger partial charge in [0.25, 0.3) is 0 Å². The van der Waals surface area contributed by atoms with E-state index in [-0.39, 0.29) is 5.60 Å². The van der Waals surface area contributed by atoms with E-state index in [2.05, 4.69) is 75.4 Å². The Bertz CT molecular complexity index is 752. The molecule has 0 heterocycles. The molecule has 0 aliphatic carbocycles. The predicted octanol–water partition coefficient (Wildman–Crippen LogP) is 5.68. The lowest BCUT2D eigenvalue weighted by Gasteiger charge is -2.21. The molecule has 1 nitrogen and oxygen atoms in total. The Morgan fingerprint density at radius 1 is 0.667 bits per heavy atom. The maximum Gasteiger partial charge on any atom is 0.120 e. The van der Waals surface area contributed by atoms with E-state index in [4.69, 9.17) is 4.74 Å². The van der Waals surface area contributed by atoms with Gasteiger partial charge in [0.2, 0.25) is 0 Å². The van der Waals surface area contributed by atoms with Gasteiger partial charge >= 0.3 is 0 Å². The topological polar surface area (TPSA) is 9.23 Å². The van der Waals surface area contributed by atoms with E-state index in [1.54, 1.807) is 0 Å². The van der Waals surface area contributed by atoms with Crippen molar-refractivity contribution in [3.05, 3.63) is 66.7 Å². The minimum Gasteiger partial charge on any atom is -0.488 e. The van der Waals surface area contributed by atoms with Crippen molar-refractivity contribution < 1.29 is 4.74 Å². The van der Waals surface area contributed by atoms with E-state index in [1.165, 1.54) is 21.9 Å². The zero-order valence-electron chi connectivity index (χ0n) is 12.8. The molecule has 0 aromatic heterocycles. The maximum absolute atomic E-state index is 5.92. The molecule has 0 N–H and O–H groups in total. The van der Waals surface area contributed by atoms with Crippen molar-refractivity contribution in [1.82, 2.24) is 0 Å². The van der Waals surface area contributed by atoms with Crippen molar-refractivity contribution in [2.24, 2.45) is 0 Å². The Morgan fingerprint density at radius 3 is 2.05 bits per heavy atom. The van der Waals surface area contributed by atoms with Crippen LogP contribution in [-0.4, -0.2) is 5.60 Å². The molecule has 0 aliphatic rings. The zero-order chi connectivity index (χ0) is 14.9. The van der Waals surface area contributed by atoms with Crippen LogP contribution >= 0.6 is 0 Å². The van der Waals surface area contributed by atoms with Gasteiger partial charge in [0.05, 0.1) is 0 Å². The van der Waals surface area contributed by atoms with Crippen LogP contribution in [0.5, 0.6) is 5.75 Å². The van der Waals surface area contributed by atoms with Crippen molar-refractivity contribution >= 4 is 10.8 Å². The molecule has 0 spiro atoms. The molecular formula is C20H20O. The van der Waals surface area contributed by atoms with Crippen LogP contribution in [0.1, 0.15) is 20.8 Å². The molecule has 1 heteroatoms. The monoisotopic (exact) mass is 276 g/mol. The summed E-state index contributed by atoms with van der Waals surface area (Å²) in [5.41, 5.74) is 2.32. The summed E-state index contributed by atoms with van der Waals surface area (Å²) in [5, 5.41) is 2.44. The van der Waals surface area contributed by atoms with Crippen LogP contribution in [-0.2, 0) is 0 Å². The number of hydrogen-bond donors (Lipinski definition) is 0. The number of fused-ring (bicyclic) bond motifs is 1. The second-order valence-electron chi connectivity index (χ2n) is 6.30. The highest BCUT2D eigenvalue weighted by Gasteiger charge is 2.11. The number of ether oxygens (including phenoxy) is 1. The second-order valence-corrected chi connectivity index (χ2v) is 6.30. The summed E-state index contributed by atoms with van der Waals surface area (Å²) in [7, 11) is 0. The van der Waals surface area contributed by atoms with Crippen molar-refractivity contribution in [1.29, 1.82) is 0 Å². The SMILES string of the molecule is CC(C)(C)Oc1ccc2cc(-c3ccccc3)ccc2c1. The second kappa shape index (κ2) is 5.25. The quantitative estimate of drug-likeness (QED) is 0.584. The van der Waals surface area contributed by atoms with Gasteiger partial charge in [-0.25, -0.2) is 0 Å². The van der Waals surface area contributed by atoms with Crippen LogP contribution in [0.4, 0.5) is 0 Å². The van der Waals surface area contributed by atoms with Crippen LogP contribution in [0.2, 0.25) is 0 Å². The van der Waals surface area contributed by atoms with Gasteiger partial charge in [-0.15, -0.1) is 0 Å². The molecule has 0 radical (unpaired) electrons. The van der Waals surface area contributed by atoms with E-state index in [0.29, 0.717) is 0 Å². The summed E-state index contributed by atoms with van der Waals surface area (Å²) < 4.78 is 5.92. The first-order chi connectivity index (χ1) is 10.0. The third-order valence-electron chi connectivity index (χ3n) is 3.34. The molecule has 3 rings (SSSR count). The number of rotatable bonds is 2. The van der Waals surface area contributed by atoms with Gasteiger partial charge in [0, 0.05) is 0 Å². The summed E-state index contributed by atoms with van der Waals surface area (Å²) in [4.78, 5) is 0. The normalized spacial score (nSPS) is 11.6. The molecule has 0 saturated heterocycles. The summed E-state index contributed by atoms with van der Waals surface area (Å²) in [6.45, 7) is 6.20. The van der Waals surface area contributed by atoms with Gasteiger partial charge in [0.15, 0.2) is 0 Å². The van der Waals surface area contributed by atoms with Crippen molar-refractivity contribution in [3.8, 4) is 16.9 Å². The van der Waals surface area contributed by atoms with Crippen LogP contribution in [0, 0.1) is 0 Å². The van der Waals surface area contributed by atoms with Crippen LogP contribution in [0.25, 0.3) is 21.9 Å². The standard InChI is InChI=1S/C20H20O/c1-20(2,3)21-19-12-11-17-13-16(9-10-18(17)14-19)15-7-5-4-6-8-15/h4-14H,1-3H3. The molecule has 0 bridgehead atoms. The number of benzene rings is 3. The third kappa shape index (κ3) is 3.25. The van der Waals surface area contributed by atoms with Crippen molar-refractivity contribution in [2.75, 3.05) is 0 Å². The fourth-order valence-electron chi connectivity index (χ4n) is 2.45. The summed E-state index contributed by atoms with van der Waals surface area (Å²) >= 11 is 0. The summed E-state index contributed by atoms with van der Waals surface area (Å²) in [5.74, 6) is 0.919. The Balaban J connectivity index is 1.99. The van der Waals surface area contributed by atoms with E-state index >= 15 is 0 Å². The first-order valence-corrected chi connectivity index (χ1v) is 7.29. The predicted molar refractivity (Wildman–Crippen MR) is 89.8 cm³/mol. The smallest absolute Gasteiger partial charge is 0.120 e. The van der Waals surface area contributed by atoms with Gasteiger partial charge in [-0.05, 0) is 60.9 Å². The largest absolute Gasteiger partial charge is 0.488 e. The molecular weight excluding hydrogens is 256 g/mol. The van der Waals surface area contributed by atoms with Crippen LogP contribution in [0.3, 0.4) is 0 Å². The Hall–Kier alpha value is -2.28. The third-order valence-corrected chi connectivity index (χ3v) is 3.34. The Kier molecular flexibility index (Phi) is 3.42. The van der Waals surface area contributed by atoms with Gasteiger partial charge in [0.1, 0.15) is 11.4 Å². The van der Waals surface area contributed by atoms with Gasteiger partial charge in [-0.3, -0.25) is 0 Å². The number of hydrogen-bond acceptors (Lipinski definition) is 1. The van der Waals surface area contributed by atoms with Crippen LogP contribution in [0.15, 0.2) is 66.7 Å². The van der Waals surface area contributed by atoms with E-state index in [9.17, 15) is 0 Å². The molecule has 0 aliphatic heterocycles. The molecule has 0 unspecified atom stereocenters. The molecule has 0 atom stereocenters. The molecule has 0 saturated carbocycles. The highest BCUT2D eigenvalue weighted by Crippen LogP contribution is 2.28. The lowest BCUT2D eigenvalue weighted by molar-refractivity contribution is 0.131. The molecule has 106 valence electrons. The molecule has 0 fully saturated rings. The minimum atomic E-state index is -0.169. The van der Waals surface area contributed by atoms with Crippen LogP contribution < -0.4 is 4.74 Å². The van der Waals surface area contributed by atoms with Crippen molar-refractivity contribution in [2.45, 2.75) is 26.4 Å². The molecule has 0 amide bonds. The Labute approximate surface area is 126 Å². The van der Waals surface area contributed by atoms with E-state index < -0.39 is 0 Å². The molecule has 21 heavy (non-hydrogen) atoms. The lowest BCUT2D eigenvalue weighted by Crippen LogP contribution is -2.22. The first kappa shape index (κ1) is 13.7. The minimum absolute atomic E-state index is 0.169. The summed E-state index contributed by atoms with van der Waals surface area (Å²) in [6.07, 6.45) is 0. The lowest BCUT2D eigenvalue weighted by atomic mass is 10.0. The van der Waals surface area contributed by atoms with E-state index in [1.807, 2.05) is 12.1 Å². The van der Waals surface area contributed by atoms with E-state index in [0.717, 1.165) is 5.75 Å². The fourth-order valence-corrected chi connectivity index (χ4v) is 2.45. The highest BCUT2D eigenvalue weighted by molar-refractivity contribution is 5.88. The van der Waals surface area contributed by atoms with Gasteiger partial charge < -0.3 is 4.74 Å². The average molecular weight is 276 g/mol.